The smallest absolute Gasteiger partial charge is 0.247 e. The van der Waals surface area contributed by atoms with E-state index >= 15 is 0 Å². The van der Waals surface area contributed by atoms with Gasteiger partial charge in [-0.25, -0.2) is 16.8 Å². The lowest BCUT2D eigenvalue weighted by Gasteiger charge is -2.32. The zero-order valence-corrected chi connectivity index (χ0v) is 16.6. The van der Waals surface area contributed by atoms with Crippen LogP contribution in [0.1, 0.15) is 26.7 Å². The van der Waals surface area contributed by atoms with Crippen LogP contribution in [-0.2, 0) is 19.9 Å². The third kappa shape index (κ3) is 4.09. The maximum absolute atomic E-state index is 13.4. The Morgan fingerprint density at radius 3 is 2.44 bits per heavy atom. The minimum atomic E-state index is -3.96. The maximum atomic E-state index is 13.4. The Morgan fingerprint density at radius 2 is 1.96 bits per heavy atom. The molecule has 1 aromatic rings. The highest BCUT2D eigenvalue weighted by molar-refractivity contribution is 7.92. The summed E-state index contributed by atoms with van der Waals surface area (Å²) in [6.45, 7) is 3.66. The summed E-state index contributed by atoms with van der Waals surface area (Å²) in [5, 5.41) is 0. The second-order valence-corrected chi connectivity index (χ2v) is 10.2. The third-order valence-electron chi connectivity index (χ3n) is 4.52. The minimum absolute atomic E-state index is 0.00929. The standard InChI is InChI=1S/C16H25NO6S2/c1-5-12(2)17(13-8-9-24(18,19)11-13)25(20,21)16-10-14(22-3)6-7-15(16)23-4/h6-7,10,12-13H,5,8-9,11H2,1-4H3/t12-,13-/m0/s1. The molecule has 0 bridgehead atoms. The van der Waals surface area contributed by atoms with Gasteiger partial charge in [-0.05, 0) is 31.9 Å². The molecule has 1 heterocycles. The van der Waals surface area contributed by atoms with Crippen LogP contribution >= 0.6 is 0 Å². The molecule has 1 aromatic carbocycles. The molecule has 1 saturated heterocycles. The molecule has 1 aliphatic heterocycles. The van der Waals surface area contributed by atoms with Crippen molar-refractivity contribution < 1.29 is 26.3 Å². The Bertz CT molecular complexity index is 819. The van der Waals surface area contributed by atoms with Crippen molar-refractivity contribution in [2.75, 3.05) is 25.7 Å². The fourth-order valence-electron chi connectivity index (χ4n) is 3.05. The predicted molar refractivity (Wildman–Crippen MR) is 95.4 cm³/mol. The van der Waals surface area contributed by atoms with E-state index in [1.54, 1.807) is 13.0 Å². The van der Waals surface area contributed by atoms with E-state index in [0.29, 0.717) is 18.6 Å². The molecule has 0 N–H and O–H groups in total. The molecule has 7 nitrogen and oxygen atoms in total. The SMILES string of the molecule is CC[C@H](C)N([C@H]1CCS(=O)(=O)C1)S(=O)(=O)c1cc(OC)ccc1OC. The van der Waals surface area contributed by atoms with Gasteiger partial charge in [-0.15, -0.1) is 0 Å². The summed E-state index contributed by atoms with van der Waals surface area (Å²) in [7, 11) is -4.32. The Hall–Kier alpha value is -1.32. The molecule has 2 rings (SSSR count). The number of hydrogen-bond acceptors (Lipinski definition) is 6. The van der Waals surface area contributed by atoms with E-state index in [0.717, 1.165) is 0 Å². The molecule has 0 saturated carbocycles. The van der Waals surface area contributed by atoms with Gasteiger partial charge in [0.25, 0.3) is 0 Å². The fraction of sp³-hybridized carbons (Fsp3) is 0.625. The van der Waals surface area contributed by atoms with Gasteiger partial charge in [-0.2, -0.15) is 4.31 Å². The van der Waals surface area contributed by atoms with E-state index < -0.39 is 25.9 Å². The summed E-state index contributed by atoms with van der Waals surface area (Å²) >= 11 is 0. The van der Waals surface area contributed by atoms with Crippen LogP contribution in [0.3, 0.4) is 0 Å². The maximum Gasteiger partial charge on any atom is 0.247 e. The quantitative estimate of drug-likeness (QED) is 0.702. The minimum Gasteiger partial charge on any atom is -0.497 e. The highest BCUT2D eigenvalue weighted by Crippen LogP contribution is 2.34. The van der Waals surface area contributed by atoms with Gasteiger partial charge in [0.15, 0.2) is 9.84 Å². The van der Waals surface area contributed by atoms with Crippen LogP contribution in [0.2, 0.25) is 0 Å². The van der Waals surface area contributed by atoms with Gasteiger partial charge in [-0.1, -0.05) is 6.92 Å². The zero-order chi connectivity index (χ0) is 18.8. The molecule has 0 radical (unpaired) electrons. The first-order chi connectivity index (χ1) is 11.7. The van der Waals surface area contributed by atoms with Crippen molar-refractivity contribution in [3.8, 4) is 11.5 Å². The molecule has 142 valence electrons. The van der Waals surface area contributed by atoms with E-state index in [1.165, 1.54) is 30.7 Å². The molecule has 1 aliphatic rings. The van der Waals surface area contributed by atoms with E-state index in [-0.39, 0.29) is 28.2 Å². The number of sulfone groups is 1. The molecule has 2 atom stereocenters. The second-order valence-electron chi connectivity index (χ2n) is 6.17. The van der Waals surface area contributed by atoms with Crippen molar-refractivity contribution in [2.45, 2.75) is 43.7 Å². The van der Waals surface area contributed by atoms with Crippen LogP contribution in [-0.4, -0.2) is 58.9 Å². The van der Waals surface area contributed by atoms with E-state index in [2.05, 4.69) is 0 Å². The number of methoxy groups -OCH3 is 2. The summed E-state index contributed by atoms with van der Waals surface area (Å²) in [6.07, 6.45) is 0.875. The Balaban J connectivity index is 2.56. The average molecular weight is 392 g/mol. The van der Waals surface area contributed by atoms with Crippen LogP contribution in [0.25, 0.3) is 0 Å². The molecule has 0 unspecified atom stereocenters. The normalized spacial score (nSPS) is 21.2. The third-order valence-corrected chi connectivity index (χ3v) is 8.36. The van der Waals surface area contributed by atoms with Crippen molar-refractivity contribution in [3.05, 3.63) is 18.2 Å². The topological polar surface area (TPSA) is 90.0 Å². The number of ether oxygens (including phenoxy) is 2. The second kappa shape index (κ2) is 7.51. The lowest BCUT2D eigenvalue weighted by molar-refractivity contribution is 0.270. The summed E-state index contributed by atoms with van der Waals surface area (Å²) in [4.78, 5) is -0.0149. The first kappa shape index (κ1) is 20.0. The Kier molecular flexibility index (Phi) is 6.01. The largest absolute Gasteiger partial charge is 0.497 e. The number of hydrogen-bond donors (Lipinski definition) is 0. The highest BCUT2D eigenvalue weighted by Gasteiger charge is 2.42. The number of nitrogens with zero attached hydrogens (tertiary/aromatic N) is 1. The molecular formula is C16H25NO6S2. The van der Waals surface area contributed by atoms with Crippen LogP contribution in [0.5, 0.6) is 11.5 Å². The first-order valence-electron chi connectivity index (χ1n) is 8.12. The summed E-state index contributed by atoms with van der Waals surface area (Å²) < 4.78 is 62.2. The predicted octanol–water partition coefficient (Wildman–Crippen LogP) is 1.68. The summed E-state index contributed by atoms with van der Waals surface area (Å²) in [5.41, 5.74) is 0. The molecule has 0 spiro atoms. The zero-order valence-electron chi connectivity index (χ0n) is 14.9. The van der Waals surface area contributed by atoms with Gasteiger partial charge in [0.2, 0.25) is 10.0 Å². The highest BCUT2D eigenvalue weighted by atomic mass is 32.2. The summed E-state index contributed by atoms with van der Waals surface area (Å²) in [6, 6.07) is 3.66. The molecule has 25 heavy (non-hydrogen) atoms. The fourth-order valence-corrected chi connectivity index (χ4v) is 6.95. The molecule has 1 fully saturated rings. The molecule has 0 aromatic heterocycles. The first-order valence-corrected chi connectivity index (χ1v) is 11.4. The summed E-state index contributed by atoms with van der Waals surface area (Å²) in [5.74, 6) is 0.454. The molecular weight excluding hydrogens is 366 g/mol. The number of sulfonamides is 1. The Morgan fingerprint density at radius 1 is 1.28 bits per heavy atom. The van der Waals surface area contributed by atoms with Crippen LogP contribution in [0.4, 0.5) is 0 Å². The van der Waals surface area contributed by atoms with E-state index in [1.807, 2.05) is 6.92 Å². The molecule has 0 amide bonds. The van der Waals surface area contributed by atoms with Crippen molar-refractivity contribution in [1.82, 2.24) is 4.31 Å². The van der Waals surface area contributed by atoms with E-state index in [9.17, 15) is 16.8 Å². The van der Waals surface area contributed by atoms with Crippen molar-refractivity contribution in [3.63, 3.8) is 0 Å². The van der Waals surface area contributed by atoms with Crippen molar-refractivity contribution in [1.29, 1.82) is 0 Å². The lowest BCUT2D eigenvalue weighted by atomic mass is 10.2. The van der Waals surface area contributed by atoms with Gasteiger partial charge >= 0.3 is 0 Å². The lowest BCUT2D eigenvalue weighted by Crippen LogP contribution is -2.46. The van der Waals surface area contributed by atoms with Gasteiger partial charge < -0.3 is 9.47 Å². The van der Waals surface area contributed by atoms with Gasteiger partial charge in [0, 0.05) is 18.2 Å². The van der Waals surface area contributed by atoms with Crippen LogP contribution in [0, 0.1) is 0 Å². The van der Waals surface area contributed by atoms with E-state index in [4.69, 9.17) is 9.47 Å². The van der Waals surface area contributed by atoms with Gasteiger partial charge in [0.05, 0.1) is 25.7 Å². The van der Waals surface area contributed by atoms with Gasteiger partial charge in [0.1, 0.15) is 16.4 Å². The molecule has 9 heteroatoms. The van der Waals surface area contributed by atoms with Crippen LogP contribution in [0.15, 0.2) is 23.1 Å². The van der Waals surface area contributed by atoms with Crippen molar-refractivity contribution in [2.24, 2.45) is 0 Å². The monoisotopic (exact) mass is 391 g/mol. The molecule has 0 aliphatic carbocycles. The van der Waals surface area contributed by atoms with Gasteiger partial charge in [-0.3, -0.25) is 0 Å². The number of rotatable bonds is 7. The average Bonchev–Trinajstić information content (AvgIpc) is 2.93. The Labute approximate surface area is 149 Å². The number of benzene rings is 1. The van der Waals surface area contributed by atoms with Crippen molar-refractivity contribution >= 4 is 19.9 Å². The van der Waals surface area contributed by atoms with Crippen LogP contribution < -0.4 is 9.47 Å².